The average molecular weight is 513 g/mol. The highest BCUT2D eigenvalue weighted by molar-refractivity contribution is 6.36. The first-order chi connectivity index (χ1) is 16.7. The van der Waals surface area contributed by atoms with E-state index in [1.54, 1.807) is 43.3 Å². The van der Waals surface area contributed by atoms with Crippen LogP contribution < -0.4 is 14.5 Å². The maximum Gasteiger partial charge on any atom is 0.316 e. The lowest BCUT2D eigenvalue weighted by Gasteiger charge is -2.19. The number of hydrogen-bond acceptors (Lipinski definition) is 5. The van der Waals surface area contributed by atoms with E-state index in [-0.39, 0.29) is 48.3 Å². The van der Waals surface area contributed by atoms with Gasteiger partial charge in [-0.15, -0.1) is 0 Å². The number of benzene rings is 2. The number of carbonyl (C=O) groups excluding carboxylic acids is 4. The minimum atomic E-state index is -0.671. The fourth-order valence-electron chi connectivity index (χ4n) is 4.97. The molecule has 180 valence electrons. The number of esters is 1. The number of amides is 3. The van der Waals surface area contributed by atoms with E-state index in [2.05, 4.69) is 0 Å². The van der Waals surface area contributed by atoms with E-state index in [0.29, 0.717) is 39.8 Å². The molecular formula is C26H22Cl2N2O5. The molecular weight excluding hydrogens is 491 g/mol. The van der Waals surface area contributed by atoms with Gasteiger partial charge in [0.1, 0.15) is 5.75 Å². The van der Waals surface area contributed by atoms with E-state index in [4.69, 9.17) is 27.9 Å². The van der Waals surface area contributed by atoms with Gasteiger partial charge in [0.2, 0.25) is 17.7 Å². The number of rotatable bonds is 4. The number of halogens is 2. The van der Waals surface area contributed by atoms with Crippen LogP contribution in [-0.2, 0) is 19.2 Å². The van der Waals surface area contributed by atoms with Crippen molar-refractivity contribution in [2.75, 3.05) is 16.3 Å². The van der Waals surface area contributed by atoms with Crippen LogP contribution in [-0.4, -0.2) is 30.2 Å². The Morgan fingerprint density at radius 2 is 1.63 bits per heavy atom. The zero-order chi connectivity index (χ0) is 24.9. The van der Waals surface area contributed by atoms with E-state index in [0.717, 1.165) is 0 Å². The van der Waals surface area contributed by atoms with Gasteiger partial charge in [0.05, 0.1) is 34.2 Å². The highest BCUT2D eigenvalue weighted by Gasteiger charge is 2.48. The lowest BCUT2D eigenvalue weighted by atomic mass is 9.85. The summed E-state index contributed by atoms with van der Waals surface area (Å²) in [5.74, 6) is -2.21. The standard InChI is InChI=1S/C26H22Cl2N2O5/c1-14-10-17(7-9-21(14)30-24(32)18-4-2-3-5-19(18)25(30)33)35-26(34)15-11-23(31)29(13-15)22-12-16(27)6-8-20(22)28/h2-3,6-10,12,15,18-19H,4-5,11,13H2,1H3/t15-,18+,19+/m1/s1. The SMILES string of the molecule is Cc1cc(OC(=O)[C@@H]2CC(=O)N(c3cc(Cl)ccc3Cl)C2)ccc1N1C(=O)[C@H]2CC=CC[C@@H]2C1=O. The Hall–Kier alpha value is -3.16. The monoisotopic (exact) mass is 512 g/mol. The molecule has 35 heavy (non-hydrogen) atoms. The lowest BCUT2D eigenvalue weighted by molar-refractivity contribution is -0.139. The molecule has 1 aliphatic carbocycles. The van der Waals surface area contributed by atoms with Gasteiger partial charge in [-0.2, -0.15) is 0 Å². The molecule has 5 rings (SSSR count). The molecule has 2 heterocycles. The van der Waals surface area contributed by atoms with Crippen molar-refractivity contribution in [3.8, 4) is 5.75 Å². The average Bonchev–Trinajstić information content (AvgIpc) is 3.34. The summed E-state index contributed by atoms with van der Waals surface area (Å²) in [5.41, 5.74) is 1.58. The van der Waals surface area contributed by atoms with E-state index in [1.165, 1.54) is 9.80 Å². The molecule has 7 nitrogen and oxygen atoms in total. The van der Waals surface area contributed by atoms with Crippen LogP contribution in [0.3, 0.4) is 0 Å². The van der Waals surface area contributed by atoms with Gasteiger partial charge in [-0.25, -0.2) is 4.90 Å². The third kappa shape index (κ3) is 4.23. The number of nitrogens with zero attached hydrogens (tertiary/aromatic N) is 2. The second kappa shape index (κ2) is 9.13. The van der Waals surface area contributed by atoms with Gasteiger partial charge in [0.15, 0.2) is 0 Å². The zero-order valence-electron chi connectivity index (χ0n) is 18.9. The number of hydrogen-bond donors (Lipinski definition) is 0. The molecule has 9 heteroatoms. The molecule has 2 saturated heterocycles. The third-order valence-corrected chi connectivity index (χ3v) is 7.35. The molecule has 3 atom stereocenters. The molecule has 3 aliphatic rings. The van der Waals surface area contributed by atoms with Crippen molar-refractivity contribution in [3.63, 3.8) is 0 Å². The van der Waals surface area contributed by atoms with E-state index in [1.807, 2.05) is 12.2 Å². The Morgan fingerprint density at radius 1 is 0.943 bits per heavy atom. The van der Waals surface area contributed by atoms with Crippen molar-refractivity contribution >= 4 is 58.3 Å². The molecule has 0 saturated carbocycles. The van der Waals surface area contributed by atoms with E-state index in [9.17, 15) is 19.2 Å². The minimum Gasteiger partial charge on any atom is -0.426 e. The fraction of sp³-hybridized carbons (Fsp3) is 0.308. The Bertz CT molecular complexity index is 1260. The van der Waals surface area contributed by atoms with Gasteiger partial charge in [-0.3, -0.25) is 19.2 Å². The van der Waals surface area contributed by atoms with Crippen molar-refractivity contribution < 1.29 is 23.9 Å². The molecule has 0 spiro atoms. The predicted octanol–water partition coefficient (Wildman–Crippen LogP) is 4.72. The molecule has 2 aromatic rings. The third-order valence-electron chi connectivity index (χ3n) is 6.79. The predicted molar refractivity (Wildman–Crippen MR) is 132 cm³/mol. The first kappa shape index (κ1) is 23.6. The number of allylic oxidation sites excluding steroid dienone is 2. The summed E-state index contributed by atoms with van der Waals surface area (Å²) in [7, 11) is 0. The number of ether oxygens (including phenoxy) is 1. The second-order valence-corrected chi connectivity index (χ2v) is 9.88. The fourth-order valence-corrected chi connectivity index (χ4v) is 5.36. The van der Waals surface area contributed by atoms with Crippen molar-refractivity contribution in [2.45, 2.75) is 26.2 Å². The van der Waals surface area contributed by atoms with Gasteiger partial charge < -0.3 is 9.64 Å². The summed E-state index contributed by atoms with van der Waals surface area (Å²) < 4.78 is 5.56. The number of imide groups is 1. The molecule has 3 amide bonds. The summed E-state index contributed by atoms with van der Waals surface area (Å²) in [6.07, 6.45) is 5.02. The largest absolute Gasteiger partial charge is 0.426 e. The quantitative estimate of drug-likeness (QED) is 0.256. The number of aryl methyl sites for hydroxylation is 1. The van der Waals surface area contributed by atoms with Crippen LogP contribution in [0.4, 0.5) is 11.4 Å². The molecule has 2 fully saturated rings. The van der Waals surface area contributed by atoms with Crippen LogP contribution in [0, 0.1) is 24.7 Å². The van der Waals surface area contributed by atoms with Crippen LogP contribution in [0.1, 0.15) is 24.8 Å². The molecule has 0 aromatic heterocycles. The van der Waals surface area contributed by atoms with Gasteiger partial charge >= 0.3 is 5.97 Å². The second-order valence-electron chi connectivity index (χ2n) is 9.04. The Labute approximate surface area is 212 Å². The van der Waals surface area contributed by atoms with Crippen molar-refractivity contribution in [1.29, 1.82) is 0 Å². The summed E-state index contributed by atoms with van der Waals surface area (Å²) in [5, 5.41) is 0.800. The van der Waals surface area contributed by atoms with Gasteiger partial charge in [0.25, 0.3) is 0 Å². The number of carbonyl (C=O) groups is 4. The van der Waals surface area contributed by atoms with Crippen LogP contribution in [0.2, 0.25) is 10.0 Å². The van der Waals surface area contributed by atoms with Crippen molar-refractivity contribution in [2.24, 2.45) is 17.8 Å². The van der Waals surface area contributed by atoms with Crippen LogP contribution in [0.25, 0.3) is 0 Å². The maximum absolute atomic E-state index is 12.9. The smallest absolute Gasteiger partial charge is 0.316 e. The molecule has 0 N–H and O–H groups in total. The highest BCUT2D eigenvalue weighted by Crippen LogP contribution is 2.39. The maximum atomic E-state index is 12.9. The van der Waals surface area contributed by atoms with Crippen molar-refractivity contribution in [1.82, 2.24) is 0 Å². The van der Waals surface area contributed by atoms with Crippen LogP contribution in [0.5, 0.6) is 5.75 Å². The number of anilines is 2. The first-order valence-electron chi connectivity index (χ1n) is 11.3. The van der Waals surface area contributed by atoms with Gasteiger partial charge in [-0.1, -0.05) is 35.4 Å². The summed E-state index contributed by atoms with van der Waals surface area (Å²) in [4.78, 5) is 53.9. The normalized spacial score (nSPS) is 23.7. The first-order valence-corrected chi connectivity index (χ1v) is 12.1. The van der Waals surface area contributed by atoms with E-state index >= 15 is 0 Å². The minimum absolute atomic E-state index is 0.00760. The zero-order valence-corrected chi connectivity index (χ0v) is 20.4. The molecule has 0 bridgehead atoms. The van der Waals surface area contributed by atoms with Gasteiger partial charge in [-0.05, 0) is 61.7 Å². The summed E-state index contributed by atoms with van der Waals surface area (Å²) in [6, 6.07) is 9.62. The molecule has 0 radical (unpaired) electrons. The summed E-state index contributed by atoms with van der Waals surface area (Å²) >= 11 is 12.3. The van der Waals surface area contributed by atoms with Crippen LogP contribution >= 0.6 is 23.2 Å². The Morgan fingerprint density at radius 3 is 2.29 bits per heavy atom. The Kier molecular flexibility index (Phi) is 6.15. The Balaban J connectivity index is 1.29. The van der Waals surface area contributed by atoms with E-state index < -0.39 is 11.9 Å². The lowest BCUT2D eigenvalue weighted by Crippen LogP contribution is -2.31. The molecule has 2 aliphatic heterocycles. The van der Waals surface area contributed by atoms with Crippen molar-refractivity contribution in [3.05, 3.63) is 64.2 Å². The number of fused-ring (bicyclic) bond motifs is 1. The topological polar surface area (TPSA) is 84.0 Å². The molecule has 0 unspecified atom stereocenters. The summed E-state index contributed by atoms with van der Waals surface area (Å²) in [6.45, 7) is 1.89. The molecule has 2 aromatic carbocycles. The van der Waals surface area contributed by atoms with Crippen LogP contribution in [0.15, 0.2) is 48.6 Å². The highest BCUT2D eigenvalue weighted by atomic mass is 35.5. The van der Waals surface area contributed by atoms with Gasteiger partial charge in [0, 0.05) is 18.0 Å².